The molecule has 1 nitrogen and oxygen atoms in total. The molecule has 0 fully saturated rings. The molecule has 0 amide bonds. The Balaban J connectivity index is 2.93. The van der Waals surface area contributed by atoms with E-state index in [0.29, 0.717) is 11.7 Å². The van der Waals surface area contributed by atoms with Crippen molar-refractivity contribution in [3.05, 3.63) is 29.3 Å². The van der Waals surface area contributed by atoms with Gasteiger partial charge in [-0.3, -0.25) is 0 Å². The van der Waals surface area contributed by atoms with Gasteiger partial charge in [-0.1, -0.05) is 72.6 Å². The highest BCUT2D eigenvalue weighted by Crippen LogP contribution is 2.36. The number of phenolic OH excluding ortho intramolecular Hbond substituents is 1. The first-order valence-electron chi connectivity index (χ1n) is 8.09. The summed E-state index contributed by atoms with van der Waals surface area (Å²) in [4.78, 5) is 0. The molecule has 1 unspecified atom stereocenters. The van der Waals surface area contributed by atoms with Gasteiger partial charge in [0.1, 0.15) is 5.75 Å². The molecule has 1 rings (SSSR count). The molecular formula is C19H32O. The standard InChI is InChI=1S/C19H32O/c1-7-15(8-2)12-14(3)17-11-9-10-16(18(17)20)13-19(4,5)6/h9-11,14-15,20H,7-8,12-13H2,1-6H3. The minimum atomic E-state index is 0.203. The van der Waals surface area contributed by atoms with Gasteiger partial charge in [-0.05, 0) is 41.2 Å². The predicted molar refractivity (Wildman–Crippen MR) is 88.4 cm³/mol. The van der Waals surface area contributed by atoms with Crippen molar-refractivity contribution < 1.29 is 5.11 Å². The van der Waals surface area contributed by atoms with Crippen LogP contribution in [0.5, 0.6) is 5.75 Å². The van der Waals surface area contributed by atoms with Crippen LogP contribution < -0.4 is 0 Å². The van der Waals surface area contributed by atoms with Crippen molar-refractivity contribution in [3.63, 3.8) is 0 Å². The number of rotatable bonds is 6. The van der Waals surface area contributed by atoms with Gasteiger partial charge in [-0.15, -0.1) is 0 Å². The Kier molecular flexibility index (Phi) is 6.10. The molecule has 1 heteroatoms. The summed E-state index contributed by atoms with van der Waals surface area (Å²) in [6.07, 6.45) is 4.54. The number of para-hydroxylation sites is 1. The van der Waals surface area contributed by atoms with Crippen LogP contribution >= 0.6 is 0 Å². The lowest BCUT2D eigenvalue weighted by Gasteiger charge is -2.23. The molecule has 0 saturated heterocycles. The molecule has 0 aliphatic heterocycles. The number of hydrogen-bond acceptors (Lipinski definition) is 1. The average molecular weight is 276 g/mol. The van der Waals surface area contributed by atoms with Crippen molar-refractivity contribution in [2.24, 2.45) is 11.3 Å². The Morgan fingerprint density at radius 3 is 2.20 bits per heavy atom. The van der Waals surface area contributed by atoms with E-state index in [1.54, 1.807) is 0 Å². The van der Waals surface area contributed by atoms with Gasteiger partial charge in [0, 0.05) is 0 Å². The Morgan fingerprint density at radius 1 is 1.10 bits per heavy atom. The minimum Gasteiger partial charge on any atom is -0.507 e. The van der Waals surface area contributed by atoms with Gasteiger partial charge in [0.2, 0.25) is 0 Å². The molecule has 114 valence electrons. The van der Waals surface area contributed by atoms with Gasteiger partial charge in [0.05, 0.1) is 0 Å². The molecular weight excluding hydrogens is 244 g/mol. The molecule has 0 bridgehead atoms. The lowest BCUT2D eigenvalue weighted by molar-refractivity contribution is 0.384. The SMILES string of the molecule is CCC(CC)CC(C)c1cccc(CC(C)(C)C)c1O. The zero-order valence-electron chi connectivity index (χ0n) is 14.2. The zero-order chi connectivity index (χ0) is 15.3. The maximum atomic E-state index is 10.6. The van der Waals surface area contributed by atoms with Gasteiger partial charge >= 0.3 is 0 Å². The van der Waals surface area contributed by atoms with E-state index >= 15 is 0 Å². The van der Waals surface area contributed by atoms with Crippen molar-refractivity contribution in [2.75, 3.05) is 0 Å². The van der Waals surface area contributed by atoms with Gasteiger partial charge in [0.25, 0.3) is 0 Å². The summed E-state index contributed by atoms with van der Waals surface area (Å²) >= 11 is 0. The molecule has 0 aliphatic rings. The average Bonchev–Trinajstić information content (AvgIpc) is 2.36. The van der Waals surface area contributed by atoms with Crippen LogP contribution in [0, 0.1) is 11.3 Å². The first-order chi connectivity index (χ1) is 9.28. The second-order valence-corrected chi connectivity index (χ2v) is 7.41. The third kappa shape index (κ3) is 4.85. The van der Waals surface area contributed by atoms with Crippen LogP contribution in [0.4, 0.5) is 0 Å². The van der Waals surface area contributed by atoms with Crippen LogP contribution in [0.1, 0.15) is 77.8 Å². The smallest absolute Gasteiger partial charge is 0.122 e. The number of hydrogen-bond donors (Lipinski definition) is 1. The molecule has 0 radical (unpaired) electrons. The highest BCUT2D eigenvalue weighted by atomic mass is 16.3. The summed E-state index contributed by atoms with van der Waals surface area (Å²) in [6, 6.07) is 6.25. The first-order valence-corrected chi connectivity index (χ1v) is 8.09. The summed E-state index contributed by atoms with van der Waals surface area (Å²) < 4.78 is 0. The van der Waals surface area contributed by atoms with E-state index in [1.165, 1.54) is 19.3 Å². The van der Waals surface area contributed by atoms with Crippen LogP contribution in [-0.2, 0) is 6.42 Å². The molecule has 0 heterocycles. The van der Waals surface area contributed by atoms with Crippen molar-refractivity contribution in [3.8, 4) is 5.75 Å². The summed E-state index contributed by atoms with van der Waals surface area (Å²) in [5.74, 6) is 1.72. The molecule has 1 atom stereocenters. The van der Waals surface area contributed by atoms with Crippen LogP contribution in [0.15, 0.2) is 18.2 Å². The Labute approximate surface area is 125 Å². The van der Waals surface area contributed by atoms with Gasteiger partial charge in [-0.25, -0.2) is 0 Å². The maximum Gasteiger partial charge on any atom is 0.122 e. The van der Waals surface area contributed by atoms with Crippen LogP contribution in [-0.4, -0.2) is 5.11 Å². The fraction of sp³-hybridized carbons (Fsp3) is 0.684. The number of phenols is 1. The quantitative estimate of drug-likeness (QED) is 0.684. The second-order valence-electron chi connectivity index (χ2n) is 7.41. The third-order valence-electron chi connectivity index (χ3n) is 4.24. The Bertz CT molecular complexity index is 410. The van der Waals surface area contributed by atoms with Gasteiger partial charge in [-0.2, -0.15) is 0 Å². The van der Waals surface area contributed by atoms with Crippen LogP contribution in [0.3, 0.4) is 0 Å². The maximum absolute atomic E-state index is 10.6. The molecule has 0 aromatic heterocycles. The fourth-order valence-corrected chi connectivity index (χ4v) is 2.97. The largest absolute Gasteiger partial charge is 0.507 e. The molecule has 0 spiro atoms. The van der Waals surface area contributed by atoms with Crippen molar-refractivity contribution in [1.29, 1.82) is 0 Å². The monoisotopic (exact) mass is 276 g/mol. The van der Waals surface area contributed by atoms with Crippen LogP contribution in [0.25, 0.3) is 0 Å². The Hall–Kier alpha value is -0.980. The summed E-state index contributed by atoms with van der Waals surface area (Å²) in [5, 5.41) is 10.6. The van der Waals surface area contributed by atoms with E-state index < -0.39 is 0 Å². The second kappa shape index (κ2) is 7.15. The summed E-state index contributed by atoms with van der Waals surface area (Å²) in [7, 11) is 0. The lowest BCUT2D eigenvalue weighted by Crippen LogP contribution is -2.10. The molecule has 1 N–H and O–H groups in total. The normalized spacial score (nSPS) is 13.8. The zero-order valence-corrected chi connectivity index (χ0v) is 14.2. The molecule has 1 aromatic carbocycles. The lowest BCUT2D eigenvalue weighted by atomic mass is 9.83. The van der Waals surface area contributed by atoms with E-state index in [-0.39, 0.29) is 5.41 Å². The molecule has 0 saturated carbocycles. The minimum absolute atomic E-state index is 0.203. The summed E-state index contributed by atoms with van der Waals surface area (Å²) in [6.45, 7) is 13.4. The van der Waals surface area contributed by atoms with Crippen molar-refractivity contribution >= 4 is 0 Å². The van der Waals surface area contributed by atoms with Gasteiger partial charge in [0.15, 0.2) is 0 Å². The van der Waals surface area contributed by atoms with Crippen LogP contribution in [0.2, 0.25) is 0 Å². The first kappa shape index (κ1) is 17.1. The highest BCUT2D eigenvalue weighted by molar-refractivity contribution is 5.42. The predicted octanol–water partition coefficient (Wildman–Crippen LogP) is 5.91. The highest BCUT2D eigenvalue weighted by Gasteiger charge is 2.19. The third-order valence-corrected chi connectivity index (χ3v) is 4.24. The van der Waals surface area contributed by atoms with Gasteiger partial charge < -0.3 is 5.11 Å². The fourth-order valence-electron chi connectivity index (χ4n) is 2.97. The van der Waals surface area contributed by atoms with E-state index in [4.69, 9.17) is 0 Å². The van der Waals surface area contributed by atoms with E-state index in [9.17, 15) is 5.11 Å². The van der Waals surface area contributed by atoms with E-state index in [2.05, 4.69) is 59.7 Å². The molecule has 1 aromatic rings. The Morgan fingerprint density at radius 2 is 1.70 bits per heavy atom. The number of aromatic hydroxyl groups is 1. The van der Waals surface area contributed by atoms with E-state index in [0.717, 1.165) is 23.5 Å². The van der Waals surface area contributed by atoms with E-state index in [1.807, 2.05) is 0 Å². The number of benzene rings is 1. The topological polar surface area (TPSA) is 20.2 Å². The summed E-state index contributed by atoms with van der Waals surface area (Å²) in [5.41, 5.74) is 2.42. The molecule has 0 aliphatic carbocycles. The molecule has 20 heavy (non-hydrogen) atoms. The van der Waals surface area contributed by atoms with Crippen molar-refractivity contribution in [1.82, 2.24) is 0 Å². The van der Waals surface area contributed by atoms with Crippen molar-refractivity contribution in [2.45, 2.75) is 73.1 Å².